The molecular formula is C22H29N5O2S. The Labute approximate surface area is 178 Å². The lowest BCUT2D eigenvalue weighted by atomic mass is 10.0. The molecule has 0 spiro atoms. The average Bonchev–Trinajstić information content (AvgIpc) is 3.38. The van der Waals surface area contributed by atoms with Gasteiger partial charge in [0.25, 0.3) is 0 Å². The van der Waals surface area contributed by atoms with E-state index in [2.05, 4.69) is 33.7 Å². The summed E-state index contributed by atoms with van der Waals surface area (Å²) in [4.78, 5) is 4.99. The van der Waals surface area contributed by atoms with Crippen LogP contribution in [0.15, 0.2) is 41.4 Å². The molecule has 0 N–H and O–H groups in total. The first-order chi connectivity index (χ1) is 14.3. The number of nitrogens with zero attached hydrogens (tertiary/aromatic N) is 5. The molecule has 1 fully saturated rings. The van der Waals surface area contributed by atoms with Crippen LogP contribution in [0.25, 0.3) is 0 Å². The van der Waals surface area contributed by atoms with Crippen LogP contribution in [0, 0.1) is 26.7 Å². The fourth-order valence-corrected chi connectivity index (χ4v) is 6.28. The lowest BCUT2D eigenvalue weighted by Gasteiger charge is -2.17. The van der Waals surface area contributed by atoms with E-state index in [1.165, 1.54) is 5.56 Å². The Morgan fingerprint density at radius 2 is 1.87 bits per heavy atom. The molecule has 0 amide bonds. The second-order valence-electron chi connectivity index (χ2n) is 8.23. The van der Waals surface area contributed by atoms with Crippen molar-refractivity contribution < 1.29 is 8.42 Å². The van der Waals surface area contributed by atoms with E-state index in [-0.39, 0.29) is 5.92 Å². The summed E-state index contributed by atoms with van der Waals surface area (Å²) < 4.78 is 32.0. The number of sulfonamides is 1. The highest BCUT2D eigenvalue weighted by Crippen LogP contribution is 2.29. The van der Waals surface area contributed by atoms with E-state index in [1.807, 2.05) is 31.3 Å². The number of aryl methyl sites for hydroxylation is 3. The molecule has 7 nitrogen and oxygen atoms in total. The van der Waals surface area contributed by atoms with E-state index in [9.17, 15) is 8.42 Å². The Bertz CT molecular complexity index is 1150. The van der Waals surface area contributed by atoms with Crippen LogP contribution < -0.4 is 0 Å². The van der Waals surface area contributed by atoms with Gasteiger partial charge < -0.3 is 4.57 Å². The lowest BCUT2D eigenvalue weighted by molar-refractivity contribution is 0.450. The third-order valence-corrected chi connectivity index (χ3v) is 8.20. The van der Waals surface area contributed by atoms with Crippen LogP contribution >= 0.6 is 0 Å². The smallest absolute Gasteiger partial charge is 0.246 e. The molecule has 1 saturated heterocycles. The Morgan fingerprint density at radius 1 is 1.13 bits per heavy atom. The van der Waals surface area contributed by atoms with Gasteiger partial charge in [0, 0.05) is 45.0 Å². The summed E-state index contributed by atoms with van der Waals surface area (Å²) in [6.07, 6.45) is 3.52. The summed E-state index contributed by atoms with van der Waals surface area (Å²) in [5, 5.41) is 4.29. The number of rotatable bonds is 6. The minimum atomic E-state index is -3.54. The molecule has 1 aliphatic rings. The standard InChI is InChI=1S/C22H29N5O2S/c1-16-13-23-21(27(16)15-19-8-6-5-7-9-19)12-20-10-11-26(14-20)30(28,29)22-17(2)24-25(4)18(22)3/h5-9,13,20H,10-12,14-15H2,1-4H3. The van der Waals surface area contributed by atoms with Crippen LogP contribution in [0.5, 0.6) is 0 Å². The van der Waals surface area contributed by atoms with Gasteiger partial charge in [-0.2, -0.15) is 9.40 Å². The topological polar surface area (TPSA) is 73.0 Å². The van der Waals surface area contributed by atoms with Gasteiger partial charge in [0.15, 0.2) is 0 Å². The van der Waals surface area contributed by atoms with Gasteiger partial charge in [0.05, 0.1) is 11.4 Å². The minimum Gasteiger partial charge on any atom is -0.328 e. The van der Waals surface area contributed by atoms with Crippen LogP contribution in [-0.4, -0.2) is 45.1 Å². The minimum absolute atomic E-state index is 0.258. The summed E-state index contributed by atoms with van der Waals surface area (Å²) in [6, 6.07) is 10.3. The van der Waals surface area contributed by atoms with E-state index >= 15 is 0 Å². The Balaban J connectivity index is 1.50. The molecule has 1 atom stereocenters. The molecule has 4 rings (SSSR count). The quantitative estimate of drug-likeness (QED) is 0.606. The third kappa shape index (κ3) is 3.81. The number of hydrogen-bond acceptors (Lipinski definition) is 4. The maximum atomic E-state index is 13.3. The highest BCUT2D eigenvalue weighted by atomic mass is 32.2. The zero-order valence-electron chi connectivity index (χ0n) is 18.0. The first kappa shape index (κ1) is 20.8. The molecule has 1 aliphatic heterocycles. The van der Waals surface area contributed by atoms with E-state index in [0.717, 1.165) is 30.9 Å². The molecule has 3 heterocycles. The van der Waals surface area contributed by atoms with Crippen molar-refractivity contribution in [2.24, 2.45) is 13.0 Å². The Morgan fingerprint density at radius 3 is 2.53 bits per heavy atom. The van der Waals surface area contributed by atoms with Crippen molar-refractivity contribution in [1.82, 2.24) is 23.6 Å². The highest BCUT2D eigenvalue weighted by molar-refractivity contribution is 7.89. The molecule has 30 heavy (non-hydrogen) atoms. The highest BCUT2D eigenvalue weighted by Gasteiger charge is 2.36. The lowest BCUT2D eigenvalue weighted by Crippen LogP contribution is -2.30. The monoisotopic (exact) mass is 427 g/mol. The number of benzene rings is 1. The Kier molecular flexibility index (Phi) is 5.55. The van der Waals surface area contributed by atoms with Gasteiger partial charge in [-0.3, -0.25) is 4.68 Å². The van der Waals surface area contributed by atoms with Crippen molar-refractivity contribution in [3.8, 4) is 0 Å². The van der Waals surface area contributed by atoms with E-state index in [1.54, 1.807) is 23.0 Å². The fraction of sp³-hybridized carbons (Fsp3) is 0.455. The van der Waals surface area contributed by atoms with Crippen molar-refractivity contribution in [3.05, 3.63) is 65.0 Å². The summed E-state index contributed by atoms with van der Waals surface area (Å²) >= 11 is 0. The number of imidazole rings is 1. The van der Waals surface area contributed by atoms with Gasteiger partial charge in [-0.15, -0.1) is 0 Å². The van der Waals surface area contributed by atoms with Gasteiger partial charge in [-0.25, -0.2) is 13.4 Å². The van der Waals surface area contributed by atoms with E-state index in [4.69, 9.17) is 0 Å². The fourth-order valence-electron chi connectivity index (χ4n) is 4.35. The van der Waals surface area contributed by atoms with Crippen LogP contribution in [0.3, 0.4) is 0 Å². The number of aromatic nitrogens is 4. The molecule has 160 valence electrons. The average molecular weight is 428 g/mol. The summed E-state index contributed by atoms with van der Waals surface area (Å²) in [5.74, 6) is 1.28. The second kappa shape index (κ2) is 8.00. The maximum Gasteiger partial charge on any atom is 0.246 e. The molecule has 0 saturated carbocycles. The van der Waals surface area contributed by atoms with Crippen LogP contribution in [-0.2, 0) is 30.0 Å². The zero-order chi connectivity index (χ0) is 21.5. The summed E-state index contributed by atoms with van der Waals surface area (Å²) in [6.45, 7) is 7.48. The van der Waals surface area contributed by atoms with Crippen molar-refractivity contribution in [3.63, 3.8) is 0 Å². The normalized spacial score (nSPS) is 17.7. The molecule has 0 radical (unpaired) electrons. The Hall–Kier alpha value is -2.45. The molecule has 0 bridgehead atoms. The molecule has 3 aromatic rings. The molecular weight excluding hydrogens is 398 g/mol. The van der Waals surface area contributed by atoms with E-state index < -0.39 is 10.0 Å². The van der Waals surface area contributed by atoms with Crippen molar-refractivity contribution in [2.45, 2.75) is 45.1 Å². The first-order valence-electron chi connectivity index (χ1n) is 10.3. The summed E-state index contributed by atoms with van der Waals surface area (Å²) in [7, 11) is -1.75. The predicted molar refractivity (Wildman–Crippen MR) is 116 cm³/mol. The van der Waals surface area contributed by atoms with Gasteiger partial charge in [0.1, 0.15) is 10.7 Å². The van der Waals surface area contributed by atoms with Crippen LogP contribution in [0.2, 0.25) is 0 Å². The van der Waals surface area contributed by atoms with Gasteiger partial charge in [0.2, 0.25) is 10.0 Å². The second-order valence-corrected chi connectivity index (χ2v) is 10.1. The SMILES string of the molecule is Cc1nn(C)c(C)c1S(=O)(=O)N1CCC(Cc2ncc(C)n2Cc2ccccc2)C1. The van der Waals surface area contributed by atoms with E-state index in [0.29, 0.717) is 29.4 Å². The molecule has 8 heteroatoms. The summed E-state index contributed by atoms with van der Waals surface area (Å²) in [5.41, 5.74) is 3.60. The van der Waals surface area contributed by atoms with Crippen LogP contribution in [0.1, 0.15) is 34.9 Å². The van der Waals surface area contributed by atoms with Crippen molar-refractivity contribution in [2.75, 3.05) is 13.1 Å². The first-order valence-corrected chi connectivity index (χ1v) is 11.8. The third-order valence-electron chi connectivity index (χ3n) is 6.08. The van der Waals surface area contributed by atoms with Gasteiger partial charge in [-0.1, -0.05) is 30.3 Å². The molecule has 0 aliphatic carbocycles. The van der Waals surface area contributed by atoms with Crippen molar-refractivity contribution >= 4 is 10.0 Å². The largest absolute Gasteiger partial charge is 0.328 e. The van der Waals surface area contributed by atoms with Gasteiger partial charge >= 0.3 is 0 Å². The van der Waals surface area contributed by atoms with Gasteiger partial charge in [-0.05, 0) is 38.7 Å². The molecule has 2 aromatic heterocycles. The van der Waals surface area contributed by atoms with Crippen LogP contribution in [0.4, 0.5) is 0 Å². The molecule has 1 aromatic carbocycles. The zero-order valence-corrected chi connectivity index (χ0v) is 18.9. The maximum absolute atomic E-state index is 13.3. The molecule has 1 unspecified atom stereocenters. The predicted octanol–water partition coefficient (Wildman–Crippen LogP) is 2.84. The van der Waals surface area contributed by atoms with Crippen molar-refractivity contribution in [1.29, 1.82) is 0 Å². The number of hydrogen-bond donors (Lipinski definition) is 0.